The zero-order chi connectivity index (χ0) is 16.4. The van der Waals surface area contributed by atoms with Gasteiger partial charge in [0.25, 0.3) is 5.91 Å². The minimum atomic E-state index is -0.0418. The lowest BCUT2D eigenvalue weighted by molar-refractivity contribution is 0.0539. The van der Waals surface area contributed by atoms with Crippen LogP contribution in [-0.2, 0) is 4.74 Å². The van der Waals surface area contributed by atoms with Crippen LogP contribution in [0.1, 0.15) is 35.9 Å². The molecule has 1 unspecified atom stereocenters. The molecule has 1 aromatic heterocycles. The van der Waals surface area contributed by atoms with Gasteiger partial charge in [0.2, 0.25) is 0 Å². The molecule has 1 aromatic carbocycles. The molecular formula is C18H23NO4. The molecule has 1 aliphatic heterocycles. The Labute approximate surface area is 136 Å². The maximum Gasteiger partial charge on any atom is 0.290 e. The van der Waals surface area contributed by atoms with Crippen LogP contribution in [0.5, 0.6) is 5.75 Å². The van der Waals surface area contributed by atoms with Gasteiger partial charge in [-0.1, -0.05) is 0 Å². The molecular weight excluding hydrogens is 294 g/mol. The zero-order valence-corrected chi connectivity index (χ0v) is 13.9. The van der Waals surface area contributed by atoms with E-state index in [-0.39, 0.29) is 11.9 Å². The Kier molecular flexibility index (Phi) is 4.57. The second-order valence-corrected chi connectivity index (χ2v) is 5.87. The lowest BCUT2D eigenvalue weighted by Gasteiger charge is -2.23. The number of rotatable bonds is 5. The van der Waals surface area contributed by atoms with Crippen LogP contribution in [-0.4, -0.2) is 43.7 Å². The van der Waals surface area contributed by atoms with E-state index in [1.807, 2.05) is 36.9 Å². The molecule has 1 atom stereocenters. The van der Waals surface area contributed by atoms with Crippen molar-refractivity contribution in [3.63, 3.8) is 0 Å². The van der Waals surface area contributed by atoms with Crippen molar-refractivity contribution in [1.29, 1.82) is 0 Å². The van der Waals surface area contributed by atoms with E-state index in [1.54, 1.807) is 7.11 Å². The van der Waals surface area contributed by atoms with E-state index in [0.717, 1.165) is 36.1 Å². The molecule has 2 heterocycles. The molecule has 5 nitrogen and oxygen atoms in total. The van der Waals surface area contributed by atoms with E-state index >= 15 is 0 Å². The van der Waals surface area contributed by atoms with Crippen LogP contribution >= 0.6 is 0 Å². The molecule has 1 fully saturated rings. The lowest BCUT2D eigenvalue weighted by Crippen LogP contribution is -2.38. The standard InChI is InChI=1S/C18H23NO4/c1-4-22-11-13-6-5-9-19(13)18(20)17-12(2)15-8-7-14(21-3)10-16(15)23-17/h7-8,10,13H,4-6,9,11H2,1-3H3. The van der Waals surface area contributed by atoms with Crippen LogP contribution in [0.15, 0.2) is 22.6 Å². The fourth-order valence-corrected chi connectivity index (χ4v) is 3.20. The number of furan rings is 1. The second-order valence-electron chi connectivity index (χ2n) is 5.87. The number of aryl methyl sites for hydroxylation is 1. The number of benzene rings is 1. The zero-order valence-electron chi connectivity index (χ0n) is 13.9. The highest BCUT2D eigenvalue weighted by atomic mass is 16.5. The number of fused-ring (bicyclic) bond motifs is 1. The summed E-state index contributed by atoms with van der Waals surface area (Å²) < 4.78 is 16.6. The first-order valence-corrected chi connectivity index (χ1v) is 8.11. The first kappa shape index (κ1) is 15.9. The van der Waals surface area contributed by atoms with Crippen LogP contribution in [0, 0.1) is 6.92 Å². The van der Waals surface area contributed by atoms with Gasteiger partial charge in [0.05, 0.1) is 19.8 Å². The van der Waals surface area contributed by atoms with E-state index in [4.69, 9.17) is 13.9 Å². The molecule has 0 spiro atoms. The fraction of sp³-hybridized carbons (Fsp3) is 0.500. The Bertz CT molecular complexity index is 706. The fourth-order valence-electron chi connectivity index (χ4n) is 3.20. The topological polar surface area (TPSA) is 51.9 Å². The normalized spacial score (nSPS) is 17.9. The predicted molar refractivity (Wildman–Crippen MR) is 88.1 cm³/mol. The molecule has 0 saturated carbocycles. The molecule has 0 bridgehead atoms. The molecule has 0 N–H and O–H groups in total. The summed E-state index contributed by atoms with van der Waals surface area (Å²) in [5, 5.41) is 0.953. The summed E-state index contributed by atoms with van der Waals surface area (Å²) in [5.41, 5.74) is 1.57. The van der Waals surface area contributed by atoms with Gasteiger partial charge < -0.3 is 18.8 Å². The van der Waals surface area contributed by atoms with Gasteiger partial charge in [-0.3, -0.25) is 4.79 Å². The van der Waals surface area contributed by atoms with Crippen molar-refractivity contribution in [3.05, 3.63) is 29.5 Å². The Hall–Kier alpha value is -2.01. The maximum absolute atomic E-state index is 12.9. The smallest absolute Gasteiger partial charge is 0.290 e. The van der Waals surface area contributed by atoms with Gasteiger partial charge in [0.15, 0.2) is 5.76 Å². The number of nitrogens with zero attached hydrogens (tertiary/aromatic N) is 1. The summed E-state index contributed by atoms with van der Waals surface area (Å²) in [6.07, 6.45) is 2.00. The van der Waals surface area contributed by atoms with Crippen LogP contribution in [0.2, 0.25) is 0 Å². The lowest BCUT2D eigenvalue weighted by atomic mass is 10.1. The Balaban J connectivity index is 1.89. The SMILES string of the molecule is CCOCC1CCCN1C(=O)c1oc2cc(OC)ccc2c1C. The average molecular weight is 317 g/mol. The summed E-state index contributed by atoms with van der Waals surface area (Å²) in [6, 6.07) is 5.78. The summed E-state index contributed by atoms with van der Waals surface area (Å²) in [6.45, 7) is 5.92. The summed E-state index contributed by atoms with van der Waals surface area (Å²) in [4.78, 5) is 14.8. The van der Waals surface area contributed by atoms with Crippen LogP contribution < -0.4 is 4.74 Å². The second kappa shape index (κ2) is 6.62. The van der Waals surface area contributed by atoms with E-state index < -0.39 is 0 Å². The van der Waals surface area contributed by atoms with Crippen LogP contribution in [0.3, 0.4) is 0 Å². The van der Waals surface area contributed by atoms with Gasteiger partial charge in [0, 0.05) is 30.2 Å². The molecule has 3 rings (SSSR count). The first-order chi connectivity index (χ1) is 11.2. The summed E-state index contributed by atoms with van der Waals surface area (Å²) in [7, 11) is 1.62. The summed E-state index contributed by atoms with van der Waals surface area (Å²) in [5.74, 6) is 1.11. The highest BCUT2D eigenvalue weighted by Gasteiger charge is 2.32. The van der Waals surface area contributed by atoms with Crippen LogP contribution in [0.25, 0.3) is 11.0 Å². The number of hydrogen-bond donors (Lipinski definition) is 0. The Morgan fingerprint density at radius 2 is 2.26 bits per heavy atom. The van der Waals surface area contributed by atoms with Crippen molar-refractivity contribution < 1.29 is 18.7 Å². The summed E-state index contributed by atoms with van der Waals surface area (Å²) >= 11 is 0. The number of carbonyl (C=O) groups excluding carboxylic acids is 1. The number of likely N-dealkylation sites (tertiary alicyclic amines) is 1. The van der Waals surface area contributed by atoms with Crippen molar-refractivity contribution in [3.8, 4) is 5.75 Å². The Morgan fingerprint density at radius 3 is 3.00 bits per heavy atom. The van der Waals surface area contributed by atoms with Gasteiger partial charge in [-0.2, -0.15) is 0 Å². The molecule has 23 heavy (non-hydrogen) atoms. The van der Waals surface area contributed by atoms with Crippen molar-refractivity contribution in [2.45, 2.75) is 32.7 Å². The number of amides is 1. The van der Waals surface area contributed by atoms with Crippen molar-refractivity contribution in [2.24, 2.45) is 0 Å². The molecule has 1 saturated heterocycles. The maximum atomic E-state index is 12.9. The van der Waals surface area contributed by atoms with E-state index in [9.17, 15) is 4.79 Å². The minimum absolute atomic E-state index is 0.0418. The quantitative estimate of drug-likeness (QED) is 0.848. The third-order valence-electron chi connectivity index (χ3n) is 4.49. The van der Waals surface area contributed by atoms with Crippen LogP contribution in [0.4, 0.5) is 0 Å². The monoisotopic (exact) mass is 317 g/mol. The number of methoxy groups -OCH3 is 1. The van der Waals surface area contributed by atoms with Gasteiger partial charge in [-0.15, -0.1) is 0 Å². The minimum Gasteiger partial charge on any atom is -0.497 e. The molecule has 1 aliphatic rings. The number of hydrogen-bond acceptors (Lipinski definition) is 4. The molecule has 2 aromatic rings. The average Bonchev–Trinajstić information content (AvgIpc) is 3.16. The number of carbonyl (C=O) groups is 1. The Morgan fingerprint density at radius 1 is 1.43 bits per heavy atom. The molecule has 124 valence electrons. The first-order valence-electron chi connectivity index (χ1n) is 8.11. The van der Waals surface area contributed by atoms with E-state index in [2.05, 4.69) is 0 Å². The highest BCUT2D eigenvalue weighted by Crippen LogP contribution is 2.31. The molecule has 0 radical (unpaired) electrons. The molecule has 0 aliphatic carbocycles. The van der Waals surface area contributed by atoms with Crippen molar-refractivity contribution in [1.82, 2.24) is 4.90 Å². The van der Waals surface area contributed by atoms with Gasteiger partial charge in [-0.05, 0) is 38.8 Å². The van der Waals surface area contributed by atoms with Gasteiger partial charge >= 0.3 is 0 Å². The van der Waals surface area contributed by atoms with Gasteiger partial charge in [-0.25, -0.2) is 0 Å². The largest absolute Gasteiger partial charge is 0.497 e. The third-order valence-corrected chi connectivity index (χ3v) is 4.49. The predicted octanol–water partition coefficient (Wildman–Crippen LogP) is 3.39. The molecule has 5 heteroatoms. The number of ether oxygens (including phenoxy) is 2. The van der Waals surface area contributed by atoms with Crippen molar-refractivity contribution >= 4 is 16.9 Å². The van der Waals surface area contributed by atoms with E-state index in [1.165, 1.54) is 0 Å². The third kappa shape index (κ3) is 2.93. The molecule has 1 amide bonds. The van der Waals surface area contributed by atoms with E-state index in [0.29, 0.717) is 24.6 Å². The van der Waals surface area contributed by atoms with Gasteiger partial charge in [0.1, 0.15) is 11.3 Å². The van der Waals surface area contributed by atoms with Crippen molar-refractivity contribution in [2.75, 3.05) is 26.9 Å². The highest BCUT2D eigenvalue weighted by molar-refractivity contribution is 5.99.